The first kappa shape index (κ1) is 21.3. The molecule has 1 aromatic carbocycles. The van der Waals surface area contributed by atoms with Crippen LogP contribution in [0.5, 0.6) is 0 Å². The summed E-state index contributed by atoms with van der Waals surface area (Å²) in [6.45, 7) is 12.1. The third kappa shape index (κ3) is 4.15. The monoisotopic (exact) mass is 455 g/mol. The summed E-state index contributed by atoms with van der Waals surface area (Å²) in [5.74, 6) is 0.341. The van der Waals surface area contributed by atoms with E-state index in [9.17, 15) is 5.11 Å². The van der Waals surface area contributed by atoms with Gasteiger partial charge in [0, 0.05) is 10.2 Å². The van der Waals surface area contributed by atoms with Crippen LogP contribution in [-0.4, -0.2) is 37.8 Å². The molecule has 3 atom stereocenters. The number of benzene rings is 1. The third-order valence-electron chi connectivity index (χ3n) is 6.99. The van der Waals surface area contributed by atoms with E-state index in [0.29, 0.717) is 12.5 Å². The zero-order chi connectivity index (χ0) is 20.1. The Morgan fingerprint density at radius 3 is 2.48 bits per heavy atom. The van der Waals surface area contributed by atoms with Crippen LogP contribution in [0.2, 0.25) is 18.1 Å². The van der Waals surface area contributed by atoms with Gasteiger partial charge in [-0.2, -0.15) is 0 Å². The highest BCUT2D eigenvalue weighted by Gasteiger charge is 2.56. The van der Waals surface area contributed by atoms with E-state index in [1.54, 1.807) is 0 Å². The summed E-state index contributed by atoms with van der Waals surface area (Å²) in [6.07, 6.45) is 3.63. The molecule has 27 heavy (non-hydrogen) atoms. The Labute approximate surface area is 173 Å². The normalized spacial score (nSPS) is 31.3. The summed E-state index contributed by atoms with van der Waals surface area (Å²) >= 11 is 3.56. The van der Waals surface area contributed by atoms with Gasteiger partial charge in [0.05, 0.1) is 24.4 Å². The maximum Gasteiger partial charge on any atom is 0.192 e. The lowest BCUT2D eigenvalue weighted by molar-refractivity contribution is -0.175. The quantitative estimate of drug-likeness (QED) is 0.472. The van der Waals surface area contributed by atoms with Gasteiger partial charge in [0.15, 0.2) is 8.32 Å². The number of anilines is 1. The van der Waals surface area contributed by atoms with Gasteiger partial charge >= 0.3 is 0 Å². The van der Waals surface area contributed by atoms with Crippen LogP contribution >= 0.6 is 15.9 Å². The summed E-state index contributed by atoms with van der Waals surface area (Å²) in [6, 6.07) is 6.20. The molecule has 152 valence electrons. The number of hydrogen-bond acceptors (Lipinski definition) is 4. The molecule has 0 radical (unpaired) electrons. The molecule has 0 unspecified atom stereocenters. The van der Waals surface area contributed by atoms with Crippen molar-refractivity contribution in [1.29, 1.82) is 0 Å². The van der Waals surface area contributed by atoms with E-state index in [1.165, 1.54) is 5.56 Å². The van der Waals surface area contributed by atoms with Crippen molar-refractivity contribution in [3.05, 3.63) is 28.2 Å². The molecule has 0 spiro atoms. The Kier molecular flexibility index (Phi) is 5.63. The maximum atomic E-state index is 10.1. The fourth-order valence-corrected chi connectivity index (χ4v) is 5.63. The zero-order valence-corrected chi connectivity index (χ0v) is 19.9. The largest absolute Gasteiger partial charge is 0.414 e. The van der Waals surface area contributed by atoms with Gasteiger partial charge in [0.1, 0.15) is 0 Å². The highest BCUT2D eigenvalue weighted by atomic mass is 79.9. The summed E-state index contributed by atoms with van der Waals surface area (Å²) in [5, 5.41) is 10.3. The lowest BCUT2D eigenvalue weighted by Gasteiger charge is -2.46. The predicted molar refractivity (Wildman–Crippen MR) is 117 cm³/mol. The van der Waals surface area contributed by atoms with Gasteiger partial charge in [0.2, 0.25) is 0 Å². The molecule has 2 heterocycles. The molecule has 1 aromatic rings. The van der Waals surface area contributed by atoms with Crippen LogP contribution in [0.3, 0.4) is 0 Å². The molecular weight excluding hydrogens is 422 g/mol. The van der Waals surface area contributed by atoms with E-state index < -0.39 is 13.9 Å². The molecule has 0 saturated carbocycles. The number of nitrogen functional groups attached to an aromatic ring is 1. The predicted octanol–water partition coefficient (Wildman–Crippen LogP) is 5.21. The van der Waals surface area contributed by atoms with Crippen LogP contribution in [-0.2, 0) is 9.16 Å². The second-order valence-corrected chi connectivity index (χ2v) is 15.7. The van der Waals surface area contributed by atoms with Crippen LogP contribution in [0.1, 0.15) is 57.9 Å². The van der Waals surface area contributed by atoms with Gasteiger partial charge in [-0.05, 0) is 83.4 Å². The number of aliphatic hydroxyl groups excluding tert-OH is 1. The van der Waals surface area contributed by atoms with Crippen molar-refractivity contribution in [1.82, 2.24) is 0 Å². The number of aliphatic hydroxyl groups is 1. The molecule has 0 amide bonds. The third-order valence-corrected chi connectivity index (χ3v) is 12.2. The average Bonchev–Trinajstić information content (AvgIpc) is 2.86. The van der Waals surface area contributed by atoms with Crippen LogP contribution in [0.15, 0.2) is 22.7 Å². The number of fused-ring (bicyclic) bond motifs is 2. The minimum Gasteiger partial charge on any atom is -0.414 e. The van der Waals surface area contributed by atoms with Crippen molar-refractivity contribution in [3.63, 3.8) is 0 Å². The van der Waals surface area contributed by atoms with Crippen molar-refractivity contribution < 1.29 is 14.3 Å². The van der Waals surface area contributed by atoms with Gasteiger partial charge in [-0.25, -0.2) is 0 Å². The number of hydrogen-bond donors (Lipinski definition) is 2. The van der Waals surface area contributed by atoms with E-state index >= 15 is 0 Å². The molecule has 4 nitrogen and oxygen atoms in total. The fourth-order valence-electron chi connectivity index (χ4n) is 4.17. The first-order chi connectivity index (χ1) is 12.4. The average molecular weight is 456 g/mol. The second-order valence-electron chi connectivity index (χ2n) is 10.1. The highest BCUT2D eigenvalue weighted by molar-refractivity contribution is 9.10. The summed E-state index contributed by atoms with van der Waals surface area (Å²) in [4.78, 5) is 0. The van der Waals surface area contributed by atoms with Crippen molar-refractivity contribution in [2.24, 2.45) is 0 Å². The van der Waals surface area contributed by atoms with Gasteiger partial charge in [-0.1, -0.05) is 26.8 Å². The van der Waals surface area contributed by atoms with Crippen molar-refractivity contribution in [2.45, 2.75) is 81.7 Å². The lowest BCUT2D eigenvalue weighted by Crippen LogP contribution is -2.51. The van der Waals surface area contributed by atoms with Crippen LogP contribution < -0.4 is 5.73 Å². The van der Waals surface area contributed by atoms with E-state index in [2.05, 4.69) is 61.9 Å². The Morgan fingerprint density at radius 1 is 1.26 bits per heavy atom. The van der Waals surface area contributed by atoms with Gasteiger partial charge in [-0.3, -0.25) is 0 Å². The SMILES string of the molecule is CC(C)(C)[Si](C)(C)OC[C@]12CC[C@](CO)(C[C@@H](c3ccc(N)c(Br)c3)C1)O2. The topological polar surface area (TPSA) is 64.7 Å². The Bertz CT molecular complexity index is 705. The van der Waals surface area contributed by atoms with E-state index in [-0.39, 0.29) is 17.2 Å². The van der Waals surface area contributed by atoms with Gasteiger partial charge in [0.25, 0.3) is 0 Å². The van der Waals surface area contributed by atoms with Crippen LogP contribution in [0.4, 0.5) is 5.69 Å². The number of nitrogens with two attached hydrogens (primary N) is 1. The molecule has 2 aliphatic heterocycles. The number of ether oxygens (including phenoxy) is 1. The van der Waals surface area contributed by atoms with Gasteiger partial charge < -0.3 is 20.0 Å². The molecular formula is C21H34BrNO3Si. The summed E-state index contributed by atoms with van der Waals surface area (Å²) in [7, 11) is -1.85. The molecule has 2 bridgehead atoms. The van der Waals surface area contributed by atoms with Crippen molar-refractivity contribution >= 4 is 29.9 Å². The lowest BCUT2D eigenvalue weighted by atomic mass is 9.80. The Hall–Kier alpha value is -0.403. The molecule has 3 N–H and O–H groups in total. The van der Waals surface area contributed by atoms with Crippen LogP contribution in [0.25, 0.3) is 0 Å². The summed E-state index contributed by atoms with van der Waals surface area (Å²) < 4.78 is 14.1. The summed E-state index contributed by atoms with van der Waals surface area (Å²) in [5.41, 5.74) is 7.25. The second kappa shape index (κ2) is 7.13. The van der Waals surface area contributed by atoms with E-state index in [1.807, 2.05) is 6.07 Å². The van der Waals surface area contributed by atoms with Crippen LogP contribution in [0, 0.1) is 0 Å². The molecule has 3 rings (SSSR count). The Morgan fingerprint density at radius 2 is 1.89 bits per heavy atom. The minimum absolute atomic E-state index is 0.0709. The zero-order valence-electron chi connectivity index (χ0n) is 17.3. The van der Waals surface area contributed by atoms with E-state index in [4.69, 9.17) is 14.9 Å². The Balaban J connectivity index is 1.84. The fraction of sp³-hybridized carbons (Fsp3) is 0.714. The van der Waals surface area contributed by atoms with Crippen molar-refractivity contribution in [2.75, 3.05) is 18.9 Å². The number of halogens is 1. The molecule has 0 aliphatic carbocycles. The van der Waals surface area contributed by atoms with Crippen molar-refractivity contribution in [3.8, 4) is 0 Å². The molecule has 2 fully saturated rings. The molecule has 0 aromatic heterocycles. The first-order valence-corrected chi connectivity index (χ1v) is 13.6. The molecule has 2 aliphatic rings. The molecule has 6 heteroatoms. The van der Waals surface area contributed by atoms with Gasteiger partial charge in [-0.15, -0.1) is 0 Å². The first-order valence-electron chi connectivity index (χ1n) is 9.91. The maximum absolute atomic E-state index is 10.1. The smallest absolute Gasteiger partial charge is 0.192 e. The molecule has 2 saturated heterocycles. The standard InChI is InChI=1S/C21H34BrNO3Si/c1-19(2,3)27(4,5)25-14-21-9-8-20(13-24,26-21)11-16(12-21)15-6-7-18(23)17(22)10-15/h6-7,10,16,24H,8-9,11-14,23H2,1-5H3/t16-,20-,21+/m1/s1. The van der Waals surface area contributed by atoms with E-state index in [0.717, 1.165) is 35.8 Å². The minimum atomic E-state index is -1.85. The number of rotatable bonds is 5. The highest BCUT2D eigenvalue weighted by Crippen LogP contribution is 2.54.